The van der Waals surface area contributed by atoms with E-state index in [9.17, 15) is 8.76 Å². The Morgan fingerprint density at radius 3 is 1.86 bits per heavy atom. The van der Waals surface area contributed by atoms with Crippen LogP contribution in [0.5, 0.6) is 0 Å². The number of hydrogen-bond acceptors (Lipinski definition) is 3. The normalized spacial score (nSPS) is 13.0. The first-order valence-electron chi connectivity index (χ1n) is 8.64. The second-order valence-electron chi connectivity index (χ2n) is 5.53. The maximum atomic E-state index is 10.8. The van der Waals surface area contributed by atoms with E-state index in [1.54, 1.807) is 0 Å². The average Bonchev–Trinajstić information content (AvgIpc) is 2.47. The van der Waals surface area contributed by atoms with Gasteiger partial charge in [0, 0.05) is 31.0 Å². The molecule has 0 aromatic carbocycles. The molecular weight excluding hydrogens is 286 g/mol. The van der Waals surface area contributed by atoms with Gasteiger partial charge in [-0.3, -0.25) is 4.21 Å². The van der Waals surface area contributed by atoms with Crippen LogP contribution in [0.2, 0.25) is 0 Å². The summed E-state index contributed by atoms with van der Waals surface area (Å²) < 4.78 is 28.3. The van der Waals surface area contributed by atoms with E-state index in [0.717, 1.165) is 13.0 Å². The molecule has 0 N–H and O–H groups in total. The summed E-state index contributed by atoms with van der Waals surface area (Å²) in [7, 11) is 0. The summed E-state index contributed by atoms with van der Waals surface area (Å²) >= 11 is -2.12. The second-order valence-corrected chi connectivity index (χ2v) is 6.48. The van der Waals surface area contributed by atoms with Crippen molar-refractivity contribution in [3.63, 3.8) is 0 Å². The summed E-state index contributed by atoms with van der Waals surface area (Å²) in [6.07, 6.45) is 13.2. The maximum Gasteiger partial charge on any atom is 0.0603 e. The highest BCUT2D eigenvalue weighted by molar-refractivity contribution is 7.76. The lowest BCUT2D eigenvalue weighted by molar-refractivity contribution is 0.119. The third-order valence-electron chi connectivity index (χ3n) is 3.69. The van der Waals surface area contributed by atoms with Crippen LogP contribution in [0, 0.1) is 0 Å². The number of ether oxygens (including phenoxy) is 1. The maximum absolute atomic E-state index is 10.8. The van der Waals surface area contributed by atoms with Crippen molar-refractivity contribution in [3.8, 4) is 0 Å². The minimum atomic E-state index is -2.12. The standard InChI is InChI=1S/C16H35NO3S/c1-3-5-6-7-8-9-10-11-12-13-15-20-16-14-17(4-2)21(18)19/h3-16H2,1-2H3,(H,18,19)/p-1. The van der Waals surface area contributed by atoms with E-state index in [-0.39, 0.29) is 0 Å². The highest BCUT2D eigenvalue weighted by atomic mass is 32.2. The van der Waals surface area contributed by atoms with Crippen molar-refractivity contribution in [1.29, 1.82) is 0 Å². The molecule has 0 heterocycles. The van der Waals surface area contributed by atoms with E-state index in [4.69, 9.17) is 4.74 Å². The van der Waals surface area contributed by atoms with Crippen LogP contribution < -0.4 is 0 Å². The summed E-state index contributed by atoms with van der Waals surface area (Å²) in [5.74, 6) is 0. The summed E-state index contributed by atoms with van der Waals surface area (Å²) in [4.78, 5) is 0. The van der Waals surface area contributed by atoms with Crippen molar-refractivity contribution in [3.05, 3.63) is 0 Å². The Balaban J connectivity index is 3.14. The molecule has 0 aromatic heterocycles. The molecule has 0 aliphatic heterocycles. The second kappa shape index (κ2) is 16.4. The van der Waals surface area contributed by atoms with E-state index in [1.165, 1.54) is 62.1 Å². The Morgan fingerprint density at radius 1 is 0.857 bits per heavy atom. The van der Waals surface area contributed by atoms with Gasteiger partial charge in [0.05, 0.1) is 6.61 Å². The summed E-state index contributed by atoms with van der Waals surface area (Å²) in [6.45, 7) is 6.31. The van der Waals surface area contributed by atoms with Gasteiger partial charge in [-0.25, -0.2) is 4.31 Å². The van der Waals surface area contributed by atoms with Crippen molar-refractivity contribution < 1.29 is 13.5 Å². The van der Waals surface area contributed by atoms with Crippen LogP contribution in [0.1, 0.15) is 78.1 Å². The zero-order valence-corrected chi connectivity index (χ0v) is 14.8. The fourth-order valence-corrected chi connectivity index (χ4v) is 2.73. The van der Waals surface area contributed by atoms with Gasteiger partial charge in [0.25, 0.3) is 0 Å². The van der Waals surface area contributed by atoms with E-state index in [2.05, 4.69) is 6.92 Å². The highest BCUT2D eigenvalue weighted by Gasteiger charge is 2.01. The number of hydrogen-bond donors (Lipinski definition) is 0. The molecule has 0 saturated heterocycles. The predicted octanol–water partition coefficient (Wildman–Crippen LogP) is 4.04. The van der Waals surface area contributed by atoms with E-state index in [1.807, 2.05) is 6.92 Å². The van der Waals surface area contributed by atoms with Crippen molar-refractivity contribution in [1.82, 2.24) is 4.31 Å². The third-order valence-corrected chi connectivity index (χ3v) is 4.55. The van der Waals surface area contributed by atoms with Gasteiger partial charge in [-0.15, -0.1) is 0 Å². The Kier molecular flexibility index (Phi) is 16.4. The molecular formula is C16H34NO3S-. The number of likely N-dealkylation sites (N-methyl/N-ethyl adjacent to an activating group) is 1. The highest BCUT2D eigenvalue weighted by Crippen LogP contribution is 2.10. The summed E-state index contributed by atoms with van der Waals surface area (Å²) in [6, 6.07) is 0. The van der Waals surface area contributed by atoms with Crippen molar-refractivity contribution in [2.45, 2.75) is 78.1 Å². The number of unbranched alkanes of at least 4 members (excludes halogenated alkanes) is 9. The first kappa shape index (κ1) is 21.0. The summed E-state index contributed by atoms with van der Waals surface area (Å²) in [5, 5.41) is 0. The molecule has 21 heavy (non-hydrogen) atoms. The molecule has 0 radical (unpaired) electrons. The van der Waals surface area contributed by atoms with E-state index < -0.39 is 11.3 Å². The van der Waals surface area contributed by atoms with Gasteiger partial charge in [0.15, 0.2) is 0 Å². The van der Waals surface area contributed by atoms with Crippen LogP contribution in [-0.2, 0) is 16.0 Å². The van der Waals surface area contributed by atoms with Gasteiger partial charge in [-0.05, 0) is 6.42 Å². The third kappa shape index (κ3) is 14.7. The molecule has 0 amide bonds. The predicted molar refractivity (Wildman–Crippen MR) is 88.8 cm³/mol. The largest absolute Gasteiger partial charge is 0.760 e. The molecule has 0 aliphatic rings. The Morgan fingerprint density at radius 2 is 1.38 bits per heavy atom. The topological polar surface area (TPSA) is 52.6 Å². The molecule has 0 fully saturated rings. The molecule has 0 saturated carbocycles. The fraction of sp³-hybridized carbons (Fsp3) is 1.00. The van der Waals surface area contributed by atoms with Gasteiger partial charge < -0.3 is 9.29 Å². The molecule has 0 bridgehead atoms. The SMILES string of the molecule is CCCCCCCCCCCCOCCN(CC)S(=O)[O-]. The van der Waals surface area contributed by atoms with Crippen molar-refractivity contribution in [2.75, 3.05) is 26.3 Å². The van der Waals surface area contributed by atoms with Crippen LogP contribution in [0.4, 0.5) is 0 Å². The minimum absolute atomic E-state index is 0.463. The molecule has 128 valence electrons. The van der Waals surface area contributed by atoms with Crippen LogP contribution in [0.15, 0.2) is 0 Å². The first-order chi connectivity index (χ1) is 10.2. The molecule has 1 atom stereocenters. The quantitative estimate of drug-likeness (QED) is 0.318. The van der Waals surface area contributed by atoms with E-state index in [0.29, 0.717) is 19.7 Å². The first-order valence-corrected chi connectivity index (χ1v) is 9.67. The van der Waals surface area contributed by atoms with Crippen LogP contribution in [0.25, 0.3) is 0 Å². The zero-order chi connectivity index (χ0) is 15.8. The van der Waals surface area contributed by atoms with E-state index >= 15 is 0 Å². The lowest BCUT2D eigenvalue weighted by Crippen LogP contribution is -2.29. The zero-order valence-electron chi connectivity index (χ0n) is 14.0. The van der Waals surface area contributed by atoms with Crippen LogP contribution in [-0.4, -0.2) is 39.4 Å². The lowest BCUT2D eigenvalue weighted by atomic mass is 10.1. The van der Waals surface area contributed by atoms with Crippen LogP contribution >= 0.6 is 0 Å². The smallest absolute Gasteiger partial charge is 0.0603 e. The molecule has 5 heteroatoms. The van der Waals surface area contributed by atoms with Crippen LogP contribution in [0.3, 0.4) is 0 Å². The molecule has 0 aliphatic carbocycles. The molecule has 1 unspecified atom stereocenters. The monoisotopic (exact) mass is 320 g/mol. The Labute approximate surface area is 134 Å². The summed E-state index contributed by atoms with van der Waals surface area (Å²) in [5.41, 5.74) is 0. The van der Waals surface area contributed by atoms with Gasteiger partial charge in [0.1, 0.15) is 0 Å². The molecule has 0 aromatic rings. The average molecular weight is 321 g/mol. The molecule has 0 rings (SSSR count). The fourth-order valence-electron chi connectivity index (χ4n) is 2.30. The lowest BCUT2D eigenvalue weighted by Gasteiger charge is -2.21. The Bertz CT molecular complexity index is 240. The molecule has 0 spiro atoms. The van der Waals surface area contributed by atoms with Gasteiger partial charge >= 0.3 is 0 Å². The van der Waals surface area contributed by atoms with Crippen molar-refractivity contribution in [2.24, 2.45) is 0 Å². The van der Waals surface area contributed by atoms with Gasteiger partial charge in [-0.1, -0.05) is 71.6 Å². The Hall–Kier alpha value is 0.0300. The molecule has 4 nitrogen and oxygen atoms in total. The van der Waals surface area contributed by atoms with Crippen molar-refractivity contribution >= 4 is 11.3 Å². The van der Waals surface area contributed by atoms with Gasteiger partial charge in [-0.2, -0.15) is 0 Å². The number of nitrogens with zero attached hydrogens (tertiary/aromatic N) is 1. The minimum Gasteiger partial charge on any atom is -0.760 e. The van der Waals surface area contributed by atoms with Gasteiger partial charge in [0.2, 0.25) is 0 Å². The number of rotatable bonds is 16.